The summed E-state index contributed by atoms with van der Waals surface area (Å²) in [7, 11) is -7.90. The first-order valence-corrected chi connectivity index (χ1v) is 11.5. The number of sulfonamides is 2. The van der Waals surface area contributed by atoms with Crippen LogP contribution in [0.4, 0.5) is 11.4 Å². The molecule has 29 heavy (non-hydrogen) atoms. The smallest absolute Gasteiger partial charge is 0.261 e. The van der Waals surface area contributed by atoms with Gasteiger partial charge in [0.2, 0.25) is 0 Å². The molecule has 0 fully saturated rings. The van der Waals surface area contributed by atoms with Gasteiger partial charge >= 0.3 is 0 Å². The summed E-state index contributed by atoms with van der Waals surface area (Å²) in [6.45, 7) is 0. The summed E-state index contributed by atoms with van der Waals surface area (Å²) in [5, 5.41) is 9.27. The highest BCUT2D eigenvalue weighted by Crippen LogP contribution is 2.22. The van der Waals surface area contributed by atoms with E-state index in [0.29, 0.717) is 16.3 Å². The first-order chi connectivity index (χ1) is 13.7. The third kappa shape index (κ3) is 5.06. The third-order valence-corrected chi connectivity index (χ3v) is 6.81. The van der Waals surface area contributed by atoms with Gasteiger partial charge in [0.25, 0.3) is 20.0 Å². The maximum Gasteiger partial charge on any atom is 0.261 e. The zero-order valence-corrected chi connectivity index (χ0v) is 17.1. The predicted octanol–water partition coefficient (Wildman–Crippen LogP) is 3.81. The van der Waals surface area contributed by atoms with Crippen LogP contribution in [0.25, 0.3) is 0 Å². The molecular formula is C19H14ClN3O4S2. The number of halogens is 1. The van der Waals surface area contributed by atoms with Crippen LogP contribution in [0.1, 0.15) is 5.56 Å². The van der Waals surface area contributed by atoms with Crippen LogP contribution in [-0.2, 0) is 20.0 Å². The molecule has 0 aliphatic heterocycles. The molecule has 0 aliphatic carbocycles. The fourth-order valence-electron chi connectivity index (χ4n) is 2.38. The quantitative estimate of drug-likeness (QED) is 0.595. The highest BCUT2D eigenvalue weighted by atomic mass is 35.5. The van der Waals surface area contributed by atoms with Crippen LogP contribution in [0.3, 0.4) is 0 Å². The standard InChI is InChI=1S/C19H14ClN3O4S2/c20-15-6-8-16(9-7-15)22-29(26,27)19-3-1-2-17(12-19)23-28(24,25)18-10-4-14(13-21)5-11-18/h1-12,22-23H. The first-order valence-electron chi connectivity index (χ1n) is 8.11. The van der Waals surface area contributed by atoms with E-state index in [0.717, 1.165) is 0 Å². The molecule has 3 rings (SSSR count). The van der Waals surface area contributed by atoms with E-state index in [4.69, 9.17) is 16.9 Å². The second-order valence-electron chi connectivity index (χ2n) is 5.88. The van der Waals surface area contributed by atoms with Gasteiger partial charge in [0.15, 0.2) is 0 Å². The van der Waals surface area contributed by atoms with E-state index in [2.05, 4.69) is 9.44 Å². The van der Waals surface area contributed by atoms with Crippen molar-refractivity contribution in [2.24, 2.45) is 0 Å². The molecule has 0 radical (unpaired) electrons. The first kappa shape index (κ1) is 20.7. The summed E-state index contributed by atoms with van der Waals surface area (Å²) in [5.74, 6) is 0. The Morgan fingerprint density at radius 2 is 1.31 bits per heavy atom. The topological polar surface area (TPSA) is 116 Å². The Bertz CT molecular complexity index is 1280. The van der Waals surface area contributed by atoms with Gasteiger partial charge in [-0.2, -0.15) is 5.26 Å². The third-order valence-electron chi connectivity index (χ3n) is 3.79. The Morgan fingerprint density at radius 1 is 0.724 bits per heavy atom. The molecule has 10 heteroatoms. The molecule has 0 spiro atoms. The Morgan fingerprint density at radius 3 is 1.93 bits per heavy atom. The van der Waals surface area contributed by atoms with E-state index in [1.165, 1.54) is 60.7 Å². The Labute approximate surface area is 173 Å². The zero-order chi connectivity index (χ0) is 21.1. The molecule has 0 atom stereocenters. The Balaban J connectivity index is 1.84. The highest BCUT2D eigenvalue weighted by molar-refractivity contribution is 7.93. The van der Waals surface area contributed by atoms with E-state index < -0.39 is 20.0 Å². The number of rotatable bonds is 6. The summed E-state index contributed by atoms with van der Waals surface area (Å²) in [6, 6.07) is 18.8. The van der Waals surface area contributed by atoms with Gasteiger partial charge in [-0.3, -0.25) is 9.44 Å². The van der Waals surface area contributed by atoms with Crippen molar-refractivity contribution in [1.29, 1.82) is 5.26 Å². The number of benzene rings is 3. The van der Waals surface area contributed by atoms with E-state index in [1.807, 2.05) is 6.07 Å². The SMILES string of the molecule is N#Cc1ccc(S(=O)(=O)Nc2cccc(S(=O)(=O)Nc3ccc(Cl)cc3)c2)cc1. The number of anilines is 2. The van der Waals surface area contributed by atoms with Crippen LogP contribution in [-0.4, -0.2) is 16.8 Å². The minimum atomic E-state index is -3.95. The van der Waals surface area contributed by atoms with E-state index in [9.17, 15) is 16.8 Å². The molecule has 0 aliphatic rings. The maximum atomic E-state index is 12.6. The Hall–Kier alpha value is -3.06. The molecular weight excluding hydrogens is 434 g/mol. The van der Waals surface area contributed by atoms with Crippen LogP contribution in [0.5, 0.6) is 0 Å². The van der Waals surface area contributed by atoms with E-state index in [-0.39, 0.29) is 15.5 Å². The van der Waals surface area contributed by atoms with E-state index in [1.54, 1.807) is 12.1 Å². The van der Waals surface area contributed by atoms with Crippen molar-refractivity contribution in [2.45, 2.75) is 9.79 Å². The van der Waals surface area contributed by atoms with Crippen molar-refractivity contribution in [3.8, 4) is 6.07 Å². The number of nitriles is 1. The molecule has 2 N–H and O–H groups in total. The predicted molar refractivity (Wildman–Crippen MR) is 111 cm³/mol. The van der Waals surface area contributed by atoms with Gasteiger partial charge in [-0.1, -0.05) is 17.7 Å². The lowest BCUT2D eigenvalue weighted by Crippen LogP contribution is -2.15. The van der Waals surface area contributed by atoms with Gasteiger partial charge in [-0.15, -0.1) is 0 Å². The molecule has 0 heterocycles. The normalized spacial score (nSPS) is 11.4. The van der Waals surface area contributed by atoms with Crippen molar-refractivity contribution in [3.05, 3.63) is 83.4 Å². The van der Waals surface area contributed by atoms with Gasteiger partial charge < -0.3 is 0 Å². The molecule has 148 valence electrons. The zero-order valence-electron chi connectivity index (χ0n) is 14.7. The molecule has 0 saturated heterocycles. The molecule has 0 amide bonds. The van der Waals surface area contributed by atoms with Crippen molar-refractivity contribution in [1.82, 2.24) is 0 Å². The fraction of sp³-hybridized carbons (Fsp3) is 0. The van der Waals surface area contributed by atoms with Crippen molar-refractivity contribution in [2.75, 3.05) is 9.44 Å². The van der Waals surface area contributed by atoms with Crippen LogP contribution in [0.15, 0.2) is 82.6 Å². The summed E-state index contributed by atoms with van der Waals surface area (Å²) in [5.41, 5.74) is 0.719. The molecule has 3 aromatic carbocycles. The van der Waals surface area contributed by atoms with Gasteiger partial charge in [0.1, 0.15) is 0 Å². The average Bonchev–Trinajstić information content (AvgIpc) is 2.69. The van der Waals surface area contributed by atoms with Crippen molar-refractivity contribution >= 4 is 43.0 Å². The van der Waals surface area contributed by atoms with Gasteiger partial charge in [-0.25, -0.2) is 16.8 Å². The second-order valence-corrected chi connectivity index (χ2v) is 9.68. The second kappa shape index (κ2) is 8.13. The van der Waals surface area contributed by atoms with Crippen LogP contribution in [0, 0.1) is 11.3 Å². The van der Waals surface area contributed by atoms with Crippen molar-refractivity contribution < 1.29 is 16.8 Å². The number of nitrogens with one attached hydrogen (secondary N) is 2. The molecule has 0 bridgehead atoms. The Kier molecular flexibility index (Phi) is 5.79. The monoisotopic (exact) mass is 447 g/mol. The molecule has 0 saturated carbocycles. The maximum absolute atomic E-state index is 12.6. The number of hydrogen-bond acceptors (Lipinski definition) is 5. The lowest BCUT2D eigenvalue weighted by molar-refractivity contribution is 0.598. The molecule has 7 nitrogen and oxygen atoms in total. The van der Waals surface area contributed by atoms with Crippen LogP contribution in [0.2, 0.25) is 5.02 Å². The number of hydrogen-bond donors (Lipinski definition) is 2. The number of nitrogens with zero attached hydrogens (tertiary/aromatic N) is 1. The largest absolute Gasteiger partial charge is 0.280 e. The van der Waals surface area contributed by atoms with Crippen molar-refractivity contribution in [3.63, 3.8) is 0 Å². The van der Waals surface area contributed by atoms with Gasteiger partial charge in [0, 0.05) is 10.7 Å². The summed E-state index contributed by atoms with van der Waals surface area (Å²) >= 11 is 5.79. The molecule has 0 unspecified atom stereocenters. The summed E-state index contributed by atoms with van der Waals surface area (Å²) in [4.78, 5) is -0.170. The summed E-state index contributed by atoms with van der Waals surface area (Å²) < 4.78 is 55.0. The fourth-order valence-corrected chi connectivity index (χ4v) is 4.66. The van der Waals surface area contributed by atoms with Gasteiger partial charge in [-0.05, 0) is 66.7 Å². The lowest BCUT2D eigenvalue weighted by atomic mass is 10.2. The minimum absolute atomic E-state index is 0.0518. The van der Waals surface area contributed by atoms with E-state index >= 15 is 0 Å². The minimum Gasteiger partial charge on any atom is -0.280 e. The lowest BCUT2D eigenvalue weighted by Gasteiger charge is -2.11. The van der Waals surface area contributed by atoms with Crippen LogP contribution < -0.4 is 9.44 Å². The molecule has 3 aromatic rings. The van der Waals surface area contributed by atoms with Crippen LogP contribution >= 0.6 is 11.6 Å². The molecule has 0 aromatic heterocycles. The average molecular weight is 448 g/mol. The highest BCUT2D eigenvalue weighted by Gasteiger charge is 2.18. The van der Waals surface area contributed by atoms with Gasteiger partial charge in [0.05, 0.1) is 27.1 Å². The summed E-state index contributed by atoms with van der Waals surface area (Å²) in [6.07, 6.45) is 0.